The number of nitrogens with one attached hydrogen (secondary N) is 2. The molecule has 30 heavy (non-hydrogen) atoms. The lowest BCUT2D eigenvalue weighted by Crippen LogP contribution is -2.28. The van der Waals surface area contributed by atoms with Gasteiger partial charge in [-0.3, -0.25) is 14.9 Å². The predicted molar refractivity (Wildman–Crippen MR) is 121 cm³/mol. The molecular weight excluding hydrogens is 382 g/mol. The lowest BCUT2D eigenvalue weighted by Gasteiger charge is -2.20. The van der Waals surface area contributed by atoms with Crippen molar-refractivity contribution < 1.29 is 14.5 Å². The fraction of sp³-hybridized carbons (Fsp3) is 0.435. The fourth-order valence-corrected chi connectivity index (χ4v) is 2.68. The van der Waals surface area contributed by atoms with Gasteiger partial charge in [-0.2, -0.15) is 0 Å². The van der Waals surface area contributed by atoms with E-state index in [1.54, 1.807) is 26.8 Å². The molecule has 0 aliphatic rings. The van der Waals surface area contributed by atoms with Crippen LogP contribution < -0.4 is 15.4 Å². The number of hydrogen-bond acceptors (Lipinski definition) is 5. The van der Waals surface area contributed by atoms with Crippen molar-refractivity contribution in [3.05, 3.63) is 52.6 Å². The molecule has 2 aromatic rings. The molecule has 0 fully saturated rings. The van der Waals surface area contributed by atoms with Crippen molar-refractivity contribution in [2.45, 2.75) is 53.4 Å². The summed E-state index contributed by atoms with van der Waals surface area (Å²) < 4.78 is 5.75. The quantitative estimate of drug-likeness (QED) is 0.271. The highest BCUT2D eigenvalue weighted by Gasteiger charge is 2.23. The van der Waals surface area contributed by atoms with Gasteiger partial charge in [-0.1, -0.05) is 47.0 Å². The minimum Gasteiger partial charge on any atom is -0.494 e. The smallest absolute Gasteiger partial charge is 0.271 e. The molecule has 0 spiro atoms. The van der Waals surface area contributed by atoms with Crippen LogP contribution in [0, 0.1) is 15.5 Å². The van der Waals surface area contributed by atoms with Crippen molar-refractivity contribution in [2.75, 3.05) is 17.2 Å². The number of nitro groups is 1. The molecule has 1 amide bonds. The molecule has 0 bridgehead atoms. The number of carbonyl (C=O) groups is 1. The molecule has 0 aromatic heterocycles. The third-order valence-corrected chi connectivity index (χ3v) is 4.54. The van der Waals surface area contributed by atoms with Gasteiger partial charge in [0.05, 0.1) is 22.9 Å². The van der Waals surface area contributed by atoms with Crippen molar-refractivity contribution in [3.8, 4) is 5.75 Å². The number of nitro benzene ring substituents is 1. The minimum atomic E-state index is -0.627. The third-order valence-electron chi connectivity index (χ3n) is 4.54. The van der Waals surface area contributed by atoms with E-state index in [4.69, 9.17) is 4.74 Å². The van der Waals surface area contributed by atoms with Gasteiger partial charge in [-0.05, 0) is 36.8 Å². The van der Waals surface area contributed by atoms with Crippen LogP contribution >= 0.6 is 0 Å². The largest absolute Gasteiger partial charge is 0.494 e. The van der Waals surface area contributed by atoms with Crippen LogP contribution in [0.5, 0.6) is 5.75 Å². The molecule has 2 aromatic carbocycles. The maximum absolute atomic E-state index is 12.4. The first-order valence-electron chi connectivity index (χ1n) is 10.3. The van der Waals surface area contributed by atoms with Gasteiger partial charge in [0, 0.05) is 23.2 Å². The standard InChI is InChI=1S/C23H31N3O4/c1-5-6-7-8-15-30-19-12-9-17(10-13-19)24-20-14-11-18(26(28)29)16-21(20)25-22(27)23(2,3)4/h9-14,16,24H,5-8,15H2,1-4H3,(H,25,27). The molecule has 7 nitrogen and oxygen atoms in total. The van der Waals surface area contributed by atoms with Gasteiger partial charge in [-0.15, -0.1) is 0 Å². The zero-order chi connectivity index (χ0) is 22.1. The van der Waals surface area contributed by atoms with Crippen molar-refractivity contribution in [3.63, 3.8) is 0 Å². The third kappa shape index (κ3) is 7.06. The summed E-state index contributed by atoms with van der Waals surface area (Å²) in [5.74, 6) is 0.569. The van der Waals surface area contributed by atoms with Crippen molar-refractivity contribution in [1.82, 2.24) is 0 Å². The SMILES string of the molecule is CCCCCCOc1ccc(Nc2ccc([N+](=O)[O-])cc2NC(=O)C(C)(C)C)cc1. The Labute approximate surface area is 178 Å². The molecule has 2 N–H and O–H groups in total. The highest BCUT2D eigenvalue weighted by atomic mass is 16.6. The number of amides is 1. The van der Waals surface area contributed by atoms with Crippen molar-refractivity contribution in [2.24, 2.45) is 5.41 Å². The highest BCUT2D eigenvalue weighted by molar-refractivity contribution is 5.98. The summed E-state index contributed by atoms with van der Waals surface area (Å²) in [6, 6.07) is 11.9. The number of nitrogens with zero attached hydrogens (tertiary/aromatic N) is 1. The summed E-state index contributed by atoms with van der Waals surface area (Å²) >= 11 is 0. The van der Waals surface area contributed by atoms with Crippen LogP contribution in [-0.2, 0) is 4.79 Å². The molecular formula is C23H31N3O4. The zero-order valence-electron chi connectivity index (χ0n) is 18.2. The van der Waals surface area contributed by atoms with Gasteiger partial charge < -0.3 is 15.4 Å². The van der Waals surface area contributed by atoms with E-state index in [-0.39, 0.29) is 11.6 Å². The Hall–Kier alpha value is -3.09. The van der Waals surface area contributed by atoms with Crippen LogP contribution in [0.3, 0.4) is 0 Å². The van der Waals surface area contributed by atoms with E-state index in [9.17, 15) is 14.9 Å². The molecule has 0 radical (unpaired) electrons. The van der Waals surface area contributed by atoms with Gasteiger partial charge in [-0.25, -0.2) is 0 Å². The minimum absolute atomic E-state index is 0.0865. The second-order valence-corrected chi connectivity index (χ2v) is 8.25. The number of benzene rings is 2. The lowest BCUT2D eigenvalue weighted by atomic mass is 9.95. The number of ether oxygens (including phenoxy) is 1. The average Bonchev–Trinajstić information content (AvgIpc) is 2.69. The Kier molecular flexibility index (Phi) is 8.21. The first kappa shape index (κ1) is 23.2. The number of carbonyl (C=O) groups excluding carboxylic acids is 1. The van der Waals surface area contributed by atoms with Crippen molar-refractivity contribution >= 4 is 28.7 Å². The van der Waals surface area contributed by atoms with Gasteiger partial charge >= 0.3 is 0 Å². The van der Waals surface area contributed by atoms with Gasteiger partial charge in [0.2, 0.25) is 5.91 Å². The predicted octanol–water partition coefficient (Wildman–Crippen LogP) is 6.28. The van der Waals surface area contributed by atoms with Crippen molar-refractivity contribution in [1.29, 1.82) is 0 Å². The molecule has 2 rings (SSSR count). The summed E-state index contributed by atoms with van der Waals surface area (Å²) in [6.07, 6.45) is 4.61. The monoisotopic (exact) mass is 413 g/mol. The number of rotatable bonds is 10. The van der Waals surface area contributed by atoms with E-state index in [0.717, 1.165) is 17.9 Å². The molecule has 7 heteroatoms. The molecule has 162 valence electrons. The van der Waals surface area contributed by atoms with Gasteiger partial charge in [0.25, 0.3) is 5.69 Å². The molecule has 0 atom stereocenters. The van der Waals surface area contributed by atoms with E-state index < -0.39 is 10.3 Å². The second kappa shape index (κ2) is 10.6. The van der Waals surface area contributed by atoms with Crippen LogP contribution in [0.25, 0.3) is 0 Å². The van der Waals surface area contributed by atoms with Crippen LogP contribution in [0.15, 0.2) is 42.5 Å². The number of anilines is 3. The Bertz CT molecular complexity index is 858. The second-order valence-electron chi connectivity index (χ2n) is 8.25. The molecule has 0 saturated carbocycles. The highest BCUT2D eigenvalue weighted by Crippen LogP contribution is 2.31. The summed E-state index contributed by atoms with van der Waals surface area (Å²) in [4.78, 5) is 23.1. The summed E-state index contributed by atoms with van der Waals surface area (Å²) in [5.41, 5.74) is 1.01. The average molecular weight is 414 g/mol. The molecule has 0 saturated heterocycles. The Morgan fingerprint density at radius 2 is 1.73 bits per heavy atom. The van der Waals surface area contributed by atoms with Crippen LogP contribution in [-0.4, -0.2) is 17.4 Å². The summed E-state index contributed by atoms with van der Waals surface area (Å²) in [7, 11) is 0. The number of hydrogen-bond donors (Lipinski definition) is 2. The van der Waals surface area contributed by atoms with E-state index >= 15 is 0 Å². The Balaban J connectivity index is 2.11. The normalized spacial score (nSPS) is 11.1. The number of non-ortho nitro benzene ring substituents is 1. The van der Waals surface area contributed by atoms with E-state index in [2.05, 4.69) is 17.6 Å². The Morgan fingerprint density at radius 1 is 1.03 bits per heavy atom. The van der Waals surface area contributed by atoms with E-state index in [0.29, 0.717) is 18.0 Å². The maximum Gasteiger partial charge on any atom is 0.271 e. The molecule has 0 unspecified atom stereocenters. The summed E-state index contributed by atoms with van der Waals surface area (Å²) in [6.45, 7) is 8.23. The first-order valence-corrected chi connectivity index (χ1v) is 10.3. The fourth-order valence-electron chi connectivity index (χ4n) is 2.68. The lowest BCUT2D eigenvalue weighted by molar-refractivity contribution is -0.384. The van der Waals surface area contributed by atoms with Crippen LogP contribution in [0.1, 0.15) is 53.4 Å². The van der Waals surface area contributed by atoms with Gasteiger partial charge in [0.15, 0.2) is 0 Å². The molecule has 0 aliphatic carbocycles. The zero-order valence-corrected chi connectivity index (χ0v) is 18.2. The summed E-state index contributed by atoms with van der Waals surface area (Å²) in [5, 5.41) is 17.2. The maximum atomic E-state index is 12.4. The first-order chi connectivity index (χ1) is 14.2. The van der Waals surface area contributed by atoms with Crippen LogP contribution in [0.4, 0.5) is 22.7 Å². The number of unbranched alkanes of at least 4 members (excludes halogenated alkanes) is 3. The topological polar surface area (TPSA) is 93.5 Å². The molecule has 0 aliphatic heterocycles. The Morgan fingerprint density at radius 3 is 2.33 bits per heavy atom. The van der Waals surface area contributed by atoms with E-state index in [1.807, 2.05) is 24.3 Å². The van der Waals surface area contributed by atoms with Crippen LogP contribution in [0.2, 0.25) is 0 Å². The van der Waals surface area contributed by atoms with Gasteiger partial charge in [0.1, 0.15) is 5.75 Å². The molecule has 0 heterocycles. The van der Waals surface area contributed by atoms with E-state index in [1.165, 1.54) is 31.4 Å².